The molecule has 0 aliphatic rings. The third-order valence-electron chi connectivity index (χ3n) is 4.91. The number of carbonyl (C=O) groups excluding carboxylic acids is 1. The number of furan rings is 1. The van der Waals surface area contributed by atoms with E-state index in [1.165, 1.54) is 30.0 Å². The molecule has 0 aliphatic carbocycles. The molecule has 4 rings (SSSR count). The maximum atomic E-state index is 12.8. The molecular weight excluding hydrogens is 458 g/mol. The van der Waals surface area contributed by atoms with Crippen LogP contribution in [0.1, 0.15) is 12.7 Å². The summed E-state index contributed by atoms with van der Waals surface area (Å²) in [6.07, 6.45) is 1.59. The summed E-state index contributed by atoms with van der Waals surface area (Å²) in [5.74, 6) is 1.67. The summed E-state index contributed by atoms with van der Waals surface area (Å²) in [5, 5.41) is 22.4. The fourth-order valence-corrected chi connectivity index (χ4v) is 4.05. The third kappa shape index (κ3) is 5.26. The van der Waals surface area contributed by atoms with Crippen molar-refractivity contribution in [2.24, 2.45) is 0 Å². The Labute approximate surface area is 199 Å². The van der Waals surface area contributed by atoms with Crippen molar-refractivity contribution < 1.29 is 18.9 Å². The molecule has 0 fully saturated rings. The molecule has 0 spiro atoms. The van der Waals surface area contributed by atoms with E-state index in [1.54, 1.807) is 32.4 Å². The van der Waals surface area contributed by atoms with E-state index in [0.717, 1.165) is 5.56 Å². The lowest BCUT2D eigenvalue weighted by Gasteiger charge is -2.13. The zero-order valence-corrected chi connectivity index (χ0v) is 19.2. The van der Waals surface area contributed by atoms with Crippen LogP contribution in [0.4, 0.5) is 11.4 Å². The van der Waals surface area contributed by atoms with Gasteiger partial charge >= 0.3 is 0 Å². The van der Waals surface area contributed by atoms with Crippen LogP contribution in [0.5, 0.6) is 5.75 Å². The molecule has 2 aromatic carbocycles. The van der Waals surface area contributed by atoms with Crippen molar-refractivity contribution in [3.8, 4) is 17.1 Å². The van der Waals surface area contributed by atoms with Gasteiger partial charge in [0.1, 0.15) is 11.5 Å². The van der Waals surface area contributed by atoms with Crippen molar-refractivity contribution in [2.45, 2.75) is 23.9 Å². The molecule has 1 amide bonds. The van der Waals surface area contributed by atoms with Crippen LogP contribution in [0.3, 0.4) is 0 Å². The Morgan fingerprint density at radius 1 is 1.21 bits per heavy atom. The van der Waals surface area contributed by atoms with Crippen LogP contribution in [0.2, 0.25) is 0 Å². The van der Waals surface area contributed by atoms with Crippen molar-refractivity contribution in [1.82, 2.24) is 14.8 Å². The first kappa shape index (κ1) is 23.1. The summed E-state index contributed by atoms with van der Waals surface area (Å²) in [6.45, 7) is 2.10. The molecule has 0 radical (unpaired) electrons. The normalized spacial score (nSPS) is 11.7. The molecule has 2 heterocycles. The van der Waals surface area contributed by atoms with Crippen LogP contribution in [-0.2, 0) is 11.3 Å². The van der Waals surface area contributed by atoms with Crippen molar-refractivity contribution >= 4 is 29.0 Å². The molecule has 34 heavy (non-hydrogen) atoms. The van der Waals surface area contributed by atoms with Gasteiger partial charge in [0, 0.05) is 23.4 Å². The van der Waals surface area contributed by atoms with Gasteiger partial charge in [-0.25, -0.2) is 0 Å². The molecule has 4 aromatic rings. The van der Waals surface area contributed by atoms with Crippen molar-refractivity contribution in [3.05, 3.63) is 82.8 Å². The van der Waals surface area contributed by atoms with Crippen molar-refractivity contribution in [3.63, 3.8) is 0 Å². The maximum Gasteiger partial charge on any atom is 0.271 e. The summed E-state index contributed by atoms with van der Waals surface area (Å²) >= 11 is 1.23. The minimum Gasteiger partial charge on any atom is -0.497 e. The number of ether oxygens (including phenoxy) is 1. The molecule has 0 bridgehead atoms. The standard InChI is InChI=1S/C23H21N5O5S/c1-15(22(29)24-17-7-4-8-18(13-17)28(30)31)34-23-26-25-21(16-6-3-9-19(12-16)32-2)27(23)14-20-10-5-11-33-20/h3-13,15H,14H2,1-2H3,(H,24,29). The Hall–Kier alpha value is -4.12. The number of nitro groups is 1. The lowest BCUT2D eigenvalue weighted by atomic mass is 10.2. The van der Waals surface area contributed by atoms with E-state index in [2.05, 4.69) is 15.5 Å². The van der Waals surface area contributed by atoms with E-state index in [4.69, 9.17) is 9.15 Å². The third-order valence-corrected chi connectivity index (χ3v) is 6.00. The maximum absolute atomic E-state index is 12.8. The van der Waals surface area contributed by atoms with Gasteiger partial charge in [0.05, 0.1) is 30.1 Å². The first-order valence-corrected chi connectivity index (χ1v) is 11.1. The van der Waals surface area contributed by atoms with Crippen LogP contribution in [0.25, 0.3) is 11.4 Å². The minimum atomic E-state index is -0.558. The largest absolute Gasteiger partial charge is 0.497 e. The summed E-state index contributed by atoms with van der Waals surface area (Å²) in [5.41, 5.74) is 1.05. The second kappa shape index (κ2) is 10.2. The molecule has 0 aliphatic heterocycles. The Morgan fingerprint density at radius 2 is 2.03 bits per heavy atom. The van der Waals surface area contributed by atoms with Crippen LogP contribution in [-0.4, -0.2) is 38.0 Å². The van der Waals surface area contributed by atoms with Crippen LogP contribution in [0, 0.1) is 10.1 Å². The van der Waals surface area contributed by atoms with Gasteiger partial charge in [-0.2, -0.15) is 0 Å². The van der Waals surface area contributed by atoms with E-state index in [1.807, 2.05) is 34.9 Å². The number of non-ortho nitro benzene ring substituents is 1. The zero-order valence-electron chi connectivity index (χ0n) is 18.4. The van der Waals surface area contributed by atoms with Crippen molar-refractivity contribution in [2.75, 3.05) is 12.4 Å². The number of carbonyl (C=O) groups is 1. The number of nitro benzene ring substituents is 1. The van der Waals surface area contributed by atoms with Crippen LogP contribution >= 0.6 is 11.8 Å². The summed E-state index contributed by atoms with van der Waals surface area (Å²) in [7, 11) is 1.59. The average molecular weight is 480 g/mol. The van der Waals surface area contributed by atoms with E-state index < -0.39 is 10.2 Å². The van der Waals surface area contributed by atoms with E-state index in [-0.39, 0.29) is 11.6 Å². The molecule has 11 heteroatoms. The highest BCUT2D eigenvalue weighted by Gasteiger charge is 2.22. The fraction of sp³-hybridized carbons (Fsp3) is 0.174. The number of thioether (sulfide) groups is 1. The predicted molar refractivity (Wildman–Crippen MR) is 127 cm³/mol. The molecule has 2 aromatic heterocycles. The number of nitrogens with zero attached hydrogens (tertiary/aromatic N) is 4. The lowest BCUT2D eigenvalue weighted by molar-refractivity contribution is -0.384. The highest BCUT2D eigenvalue weighted by atomic mass is 32.2. The second-order valence-electron chi connectivity index (χ2n) is 7.26. The monoisotopic (exact) mass is 479 g/mol. The first-order valence-electron chi connectivity index (χ1n) is 10.3. The lowest BCUT2D eigenvalue weighted by Crippen LogP contribution is -2.23. The van der Waals surface area contributed by atoms with Gasteiger partial charge in [0.25, 0.3) is 5.69 Å². The van der Waals surface area contributed by atoms with E-state index >= 15 is 0 Å². The Morgan fingerprint density at radius 3 is 2.76 bits per heavy atom. The Kier molecular flexibility index (Phi) is 6.93. The zero-order chi connectivity index (χ0) is 24.1. The average Bonchev–Trinajstić information content (AvgIpc) is 3.50. The predicted octanol–water partition coefficient (Wildman–Crippen LogP) is 4.62. The summed E-state index contributed by atoms with van der Waals surface area (Å²) in [4.78, 5) is 23.3. The van der Waals surface area contributed by atoms with Gasteiger partial charge in [-0.3, -0.25) is 19.5 Å². The van der Waals surface area contributed by atoms with Gasteiger partial charge in [-0.05, 0) is 37.3 Å². The quantitative estimate of drug-likeness (QED) is 0.209. The number of benzene rings is 2. The van der Waals surface area contributed by atoms with Crippen molar-refractivity contribution in [1.29, 1.82) is 0 Å². The number of nitrogens with one attached hydrogen (secondary N) is 1. The highest BCUT2D eigenvalue weighted by Crippen LogP contribution is 2.30. The summed E-state index contributed by atoms with van der Waals surface area (Å²) in [6, 6.07) is 16.9. The number of hydrogen-bond acceptors (Lipinski definition) is 8. The first-order chi connectivity index (χ1) is 16.4. The minimum absolute atomic E-state index is 0.0979. The number of amides is 1. The molecule has 174 valence electrons. The van der Waals surface area contributed by atoms with Crippen LogP contribution < -0.4 is 10.1 Å². The smallest absolute Gasteiger partial charge is 0.271 e. The number of anilines is 1. The number of methoxy groups -OCH3 is 1. The molecule has 0 saturated heterocycles. The second-order valence-corrected chi connectivity index (χ2v) is 8.57. The van der Waals surface area contributed by atoms with Gasteiger partial charge < -0.3 is 14.5 Å². The van der Waals surface area contributed by atoms with E-state index in [0.29, 0.717) is 34.7 Å². The Balaban J connectivity index is 1.58. The van der Waals surface area contributed by atoms with Crippen LogP contribution in [0.15, 0.2) is 76.5 Å². The summed E-state index contributed by atoms with van der Waals surface area (Å²) < 4.78 is 12.7. The topological polar surface area (TPSA) is 125 Å². The highest BCUT2D eigenvalue weighted by molar-refractivity contribution is 8.00. The van der Waals surface area contributed by atoms with Gasteiger partial charge in [0.15, 0.2) is 11.0 Å². The van der Waals surface area contributed by atoms with E-state index in [9.17, 15) is 14.9 Å². The molecule has 0 saturated carbocycles. The van der Waals surface area contributed by atoms with Gasteiger partial charge in [0.2, 0.25) is 5.91 Å². The molecular formula is C23H21N5O5S. The molecule has 10 nitrogen and oxygen atoms in total. The molecule has 1 unspecified atom stereocenters. The Bertz CT molecular complexity index is 1300. The number of aromatic nitrogens is 3. The molecule has 1 N–H and O–H groups in total. The fourth-order valence-electron chi connectivity index (χ4n) is 3.21. The molecule has 1 atom stereocenters. The van der Waals surface area contributed by atoms with Gasteiger partial charge in [-0.1, -0.05) is 30.0 Å². The van der Waals surface area contributed by atoms with Gasteiger partial charge in [-0.15, -0.1) is 10.2 Å². The number of hydrogen-bond donors (Lipinski definition) is 1. The number of rotatable bonds is 9. The SMILES string of the molecule is COc1cccc(-c2nnc(SC(C)C(=O)Nc3cccc([N+](=O)[O-])c3)n2Cc2ccco2)c1.